The molecule has 158 valence electrons. The second-order valence-electron chi connectivity index (χ2n) is 7.58. The van der Waals surface area contributed by atoms with Crippen LogP contribution in [0.25, 0.3) is 10.9 Å². The van der Waals surface area contributed by atoms with Crippen molar-refractivity contribution >= 4 is 20.9 Å². The van der Waals surface area contributed by atoms with Crippen molar-refractivity contribution in [3.05, 3.63) is 74.4 Å². The van der Waals surface area contributed by atoms with E-state index in [1.165, 1.54) is 33.6 Å². The van der Waals surface area contributed by atoms with Crippen molar-refractivity contribution in [1.29, 1.82) is 0 Å². The Labute approximate surface area is 174 Å². The van der Waals surface area contributed by atoms with E-state index in [0.29, 0.717) is 25.2 Å². The van der Waals surface area contributed by atoms with E-state index >= 15 is 0 Å². The maximum absolute atomic E-state index is 13.2. The highest BCUT2D eigenvalue weighted by Crippen LogP contribution is 2.21. The van der Waals surface area contributed by atoms with Gasteiger partial charge in [0.15, 0.2) is 0 Å². The first-order chi connectivity index (χ1) is 14.3. The number of fused-ring (bicyclic) bond motifs is 1. The summed E-state index contributed by atoms with van der Waals surface area (Å²) in [4.78, 5) is 30.4. The first-order valence-corrected chi connectivity index (χ1v) is 11.3. The number of benzene rings is 2. The molecule has 0 atom stereocenters. The van der Waals surface area contributed by atoms with Gasteiger partial charge < -0.3 is 4.98 Å². The fraction of sp³-hybridized carbons (Fsp3) is 0.333. The monoisotopic (exact) mass is 428 g/mol. The third kappa shape index (κ3) is 4.09. The van der Waals surface area contributed by atoms with Crippen LogP contribution in [0.2, 0.25) is 0 Å². The molecular weight excluding hydrogens is 404 g/mol. The van der Waals surface area contributed by atoms with E-state index in [1.807, 2.05) is 12.1 Å². The lowest BCUT2D eigenvalue weighted by molar-refractivity contribution is 0.278. The zero-order valence-electron chi connectivity index (χ0n) is 16.7. The van der Waals surface area contributed by atoms with Crippen molar-refractivity contribution in [3.63, 3.8) is 0 Å². The summed E-state index contributed by atoms with van der Waals surface area (Å²) in [5.74, 6) is 0. The van der Waals surface area contributed by atoms with Gasteiger partial charge >= 0.3 is 5.69 Å². The lowest BCUT2D eigenvalue weighted by Gasteiger charge is -2.22. The van der Waals surface area contributed by atoms with Crippen LogP contribution in [0.3, 0.4) is 0 Å². The predicted octanol–water partition coefficient (Wildman–Crippen LogP) is 1.42. The van der Waals surface area contributed by atoms with Crippen LogP contribution in [0.5, 0.6) is 0 Å². The molecule has 0 radical (unpaired) electrons. The Balaban J connectivity index is 1.55. The summed E-state index contributed by atoms with van der Waals surface area (Å²) in [7, 11) is -3.75. The number of H-pyrrole nitrogens is 2. The second-order valence-corrected chi connectivity index (χ2v) is 9.51. The van der Waals surface area contributed by atoms with Gasteiger partial charge in [-0.3, -0.25) is 14.7 Å². The number of sulfonamides is 1. The Hall–Kier alpha value is -2.75. The Kier molecular flexibility index (Phi) is 5.59. The van der Waals surface area contributed by atoms with E-state index < -0.39 is 21.3 Å². The molecule has 1 aliphatic rings. The molecule has 2 heterocycles. The predicted molar refractivity (Wildman–Crippen MR) is 115 cm³/mol. The standard InChI is InChI=1S/C21H24N4O4S/c1-15-5-2-3-6-16(15)14-24-9-4-10-25(12-11-24)30(28,29)17-7-8-19-18(13-17)20(26)23-21(27)22-19/h2-3,5-8,13H,4,9-12,14H2,1H3,(H2,22,23,26,27). The summed E-state index contributed by atoms with van der Waals surface area (Å²) in [6, 6.07) is 12.4. The third-order valence-electron chi connectivity index (χ3n) is 5.55. The van der Waals surface area contributed by atoms with Gasteiger partial charge in [-0.2, -0.15) is 4.31 Å². The van der Waals surface area contributed by atoms with Crippen LogP contribution >= 0.6 is 0 Å². The molecule has 1 saturated heterocycles. The molecule has 1 aliphatic heterocycles. The summed E-state index contributed by atoms with van der Waals surface area (Å²) in [6.45, 7) is 5.13. The first kappa shape index (κ1) is 20.5. The van der Waals surface area contributed by atoms with Crippen molar-refractivity contribution < 1.29 is 8.42 Å². The van der Waals surface area contributed by atoms with Gasteiger partial charge in [0, 0.05) is 26.2 Å². The topological polar surface area (TPSA) is 106 Å². The highest BCUT2D eigenvalue weighted by atomic mass is 32.2. The van der Waals surface area contributed by atoms with E-state index in [9.17, 15) is 18.0 Å². The summed E-state index contributed by atoms with van der Waals surface area (Å²) >= 11 is 0. The van der Waals surface area contributed by atoms with E-state index in [-0.39, 0.29) is 10.3 Å². The van der Waals surface area contributed by atoms with Crippen LogP contribution in [-0.2, 0) is 16.6 Å². The normalized spacial score (nSPS) is 16.6. The fourth-order valence-corrected chi connectivity index (χ4v) is 5.32. The molecule has 0 amide bonds. The summed E-state index contributed by atoms with van der Waals surface area (Å²) in [6.07, 6.45) is 0.729. The minimum Gasteiger partial charge on any atom is -0.307 e. The number of aromatic nitrogens is 2. The van der Waals surface area contributed by atoms with Crippen LogP contribution in [0, 0.1) is 6.92 Å². The Morgan fingerprint density at radius 2 is 1.77 bits per heavy atom. The largest absolute Gasteiger partial charge is 0.326 e. The molecule has 0 bridgehead atoms. The van der Waals surface area contributed by atoms with Crippen LogP contribution in [0.1, 0.15) is 17.5 Å². The minimum atomic E-state index is -3.75. The van der Waals surface area contributed by atoms with Crippen molar-refractivity contribution in [2.24, 2.45) is 0 Å². The molecule has 0 unspecified atom stereocenters. The van der Waals surface area contributed by atoms with E-state index in [4.69, 9.17) is 0 Å². The highest BCUT2D eigenvalue weighted by molar-refractivity contribution is 7.89. The average Bonchev–Trinajstić information content (AvgIpc) is 2.95. The molecule has 1 fully saturated rings. The average molecular weight is 429 g/mol. The first-order valence-electron chi connectivity index (χ1n) is 9.88. The van der Waals surface area contributed by atoms with E-state index in [0.717, 1.165) is 19.5 Å². The second kappa shape index (κ2) is 8.17. The number of hydrogen-bond donors (Lipinski definition) is 2. The number of aryl methyl sites for hydroxylation is 1. The lowest BCUT2D eigenvalue weighted by atomic mass is 10.1. The Morgan fingerprint density at radius 3 is 2.57 bits per heavy atom. The van der Waals surface area contributed by atoms with Crippen molar-refractivity contribution in [2.45, 2.75) is 24.8 Å². The smallest absolute Gasteiger partial charge is 0.307 e. The minimum absolute atomic E-state index is 0.0555. The van der Waals surface area contributed by atoms with Crippen LogP contribution in [-0.4, -0.2) is 53.8 Å². The van der Waals surface area contributed by atoms with Crippen LogP contribution < -0.4 is 11.2 Å². The fourth-order valence-electron chi connectivity index (χ4n) is 3.83. The van der Waals surface area contributed by atoms with Gasteiger partial charge in [-0.25, -0.2) is 13.2 Å². The molecule has 30 heavy (non-hydrogen) atoms. The summed E-state index contributed by atoms with van der Waals surface area (Å²) in [5, 5.41) is 0.145. The quantitative estimate of drug-likeness (QED) is 0.654. The Bertz CT molecular complexity index is 1300. The molecule has 9 heteroatoms. The molecule has 0 spiro atoms. The van der Waals surface area contributed by atoms with Gasteiger partial charge in [-0.1, -0.05) is 24.3 Å². The van der Waals surface area contributed by atoms with Gasteiger partial charge in [0.2, 0.25) is 10.0 Å². The zero-order chi connectivity index (χ0) is 21.3. The number of hydrogen-bond acceptors (Lipinski definition) is 5. The lowest BCUT2D eigenvalue weighted by Crippen LogP contribution is -2.35. The van der Waals surface area contributed by atoms with Crippen molar-refractivity contribution in [1.82, 2.24) is 19.2 Å². The highest BCUT2D eigenvalue weighted by Gasteiger charge is 2.27. The maximum Gasteiger partial charge on any atom is 0.326 e. The molecule has 1 aromatic heterocycles. The van der Waals surface area contributed by atoms with Gasteiger partial charge in [-0.15, -0.1) is 0 Å². The summed E-state index contributed by atoms with van der Waals surface area (Å²) in [5.41, 5.74) is 1.56. The molecule has 0 saturated carbocycles. The van der Waals surface area contributed by atoms with Crippen LogP contribution in [0.15, 0.2) is 56.9 Å². The number of nitrogens with one attached hydrogen (secondary N) is 2. The molecule has 0 aliphatic carbocycles. The van der Waals surface area contributed by atoms with Gasteiger partial charge in [0.25, 0.3) is 5.56 Å². The number of rotatable bonds is 4. The van der Waals surface area contributed by atoms with E-state index in [1.54, 1.807) is 0 Å². The van der Waals surface area contributed by atoms with Gasteiger partial charge in [0.1, 0.15) is 0 Å². The third-order valence-corrected chi connectivity index (χ3v) is 7.45. The maximum atomic E-state index is 13.2. The molecule has 2 aromatic carbocycles. The van der Waals surface area contributed by atoms with Gasteiger partial charge in [0.05, 0.1) is 15.8 Å². The van der Waals surface area contributed by atoms with Crippen molar-refractivity contribution in [2.75, 3.05) is 26.2 Å². The van der Waals surface area contributed by atoms with Crippen LogP contribution in [0.4, 0.5) is 0 Å². The Morgan fingerprint density at radius 1 is 0.967 bits per heavy atom. The van der Waals surface area contributed by atoms with Gasteiger partial charge in [-0.05, 0) is 49.2 Å². The molecule has 3 aromatic rings. The summed E-state index contributed by atoms with van der Waals surface area (Å²) < 4.78 is 27.9. The van der Waals surface area contributed by atoms with Crippen molar-refractivity contribution in [3.8, 4) is 0 Å². The SMILES string of the molecule is Cc1ccccc1CN1CCCN(S(=O)(=O)c2ccc3[nH]c(=O)[nH]c(=O)c3c2)CC1. The zero-order valence-corrected chi connectivity index (χ0v) is 17.5. The molecule has 4 rings (SSSR count). The molecular formula is C21H24N4O4S. The van der Waals surface area contributed by atoms with E-state index in [2.05, 4.69) is 33.9 Å². The number of nitrogens with zero attached hydrogens (tertiary/aromatic N) is 2. The molecule has 2 N–H and O–H groups in total. The molecule has 8 nitrogen and oxygen atoms in total. The number of aromatic amines is 2.